The van der Waals surface area contributed by atoms with Gasteiger partial charge in [0.25, 0.3) is 11.8 Å². The lowest BCUT2D eigenvalue weighted by Crippen LogP contribution is -2.26. The van der Waals surface area contributed by atoms with Gasteiger partial charge in [-0.3, -0.25) is 14.6 Å². The minimum absolute atomic E-state index is 0.198. The molecule has 0 radical (unpaired) electrons. The zero-order chi connectivity index (χ0) is 24.7. The third-order valence-electron chi connectivity index (χ3n) is 4.91. The third-order valence-corrected chi connectivity index (χ3v) is 4.91. The first-order valence-electron chi connectivity index (χ1n) is 10.3. The van der Waals surface area contributed by atoms with Crippen LogP contribution in [0.3, 0.4) is 0 Å². The van der Waals surface area contributed by atoms with Crippen LogP contribution in [0.4, 0.5) is 18.9 Å². The van der Waals surface area contributed by atoms with Crippen LogP contribution in [0.5, 0.6) is 5.75 Å². The van der Waals surface area contributed by atoms with Crippen molar-refractivity contribution in [2.24, 2.45) is 5.73 Å². The molecule has 0 bridgehead atoms. The van der Waals surface area contributed by atoms with Gasteiger partial charge in [0.15, 0.2) is 0 Å². The van der Waals surface area contributed by atoms with Gasteiger partial charge in [-0.15, -0.1) is 0 Å². The number of halogens is 3. The molecule has 0 atom stereocenters. The topological polar surface area (TPSA) is 106 Å². The van der Waals surface area contributed by atoms with Crippen LogP contribution in [-0.4, -0.2) is 37.0 Å². The highest BCUT2D eigenvalue weighted by Gasteiger charge is 2.30. The molecular weight excluding hydrogens is 449 g/mol. The van der Waals surface area contributed by atoms with Gasteiger partial charge in [-0.25, -0.2) is 0 Å². The van der Waals surface area contributed by atoms with Crippen LogP contribution in [0, 0.1) is 0 Å². The van der Waals surface area contributed by atoms with Gasteiger partial charge < -0.3 is 21.1 Å². The second kappa shape index (κ2) is 10.8. The van der Waals surface area contributed by atoms with Gasteiger partial charge in [-0.1, -0.05) is 12.1 Å². The van der Waals surface area contributed by atoms with E-state index in [0.29, 0.717) is 42.1 Å². The number of nitrogens with two attached hydrogens (primary N) is 1. The second-order valence-electron chi connectivity index (χ2n) is 7.30. The van der Waals surface area contributed by atoms with E-state index in [0.717, 1.165) is 12.1 Å². The zero-order valence-electron chi connectivity index (χ0n) is 18.3. The molecule has 2 amide bonds. The van der Waals surface area contributed by atoms with Crippen LogP contribution in [0.1, 0.15) is 32.7 Å². The summed E-state index contributed by atoms with van der Waals surface area (Å²) < 4.78 is 43.6. The molecule has 178 valence electrons. The van der Waals surface area contributed by atoms with E-state index in [1.54, 1.807) is 6.07 Å². The highest BCUT2D eigenvalue weighted by molar-refractivity contribution is 6.07. The minimum Gasteiger partial charge on any atom is -0.496 e. The quantitative estimate of drug-likeness (QED) is 0.428. The minimum atomic E-state index is -4.43. The van der Waals surface area contributed by atoms with Crippen LogP contribution in [0.2, 0.25) is 0 Å². The Balaban J connectivity index is 1.78. The van der Waals surface area contributed by atoms with E-state index in [2.05, 4.69) is 15.6 Å². The van der Waals surface area contributed by atoms with E-state index in [1.165, 1.54) is 49.8 Å². The van der Waals surface area contributed by atoms with Crippen molar-refractivity contribution in [3.63, 3.8) is 0 Å². The van der Waals surface area contributed by atoms with Crippen molar-refractivity contribution in [3.8, 4) is 16.9 Å². The first-order chi connectivity index (χ1) is 16.2. The van der Waals surface area contributed by atoms with Gasteiger partial charge in [0.05, 0.1) is 30.1 Å². The maximum atomic E-state index is 12.8. The number of nitrogens with zero attached hydrogens (tertiary/aromatic N) is 1. The van der Waals surface area contributed by atoms with Crippen molar-refractivity contribution in [2.45, 2.75) is 12.6 Å². The molecule has 0 aliphatic rings. The van der Waals surface area contributed by atoms with E-state index < -0.39 is 23.6 Å². The number of carbonyl (C=O) groups excluding carboxylic acids is 2. The van der Waals surface area contributed by atoms with Gasteiger partial charge in [-0.05, 0) is 54.9 Å². The average Bonchev–Trinajstić information content (AvgIpc) is 2.83. The predicted molar refractivity (Wildman–Crippen MR) is 122 cm³/mol. The van der Waals surface area contributed by atoms with Crippen LogP contribution in [0.15, 0.2) is 60.9 Å². The lowest BCUT2D eigenvalue weighted by atomic mass is 10.0. The number of nitrogens with one attached hydrogen (secondary N) is 2. The summed E-state index contributed by atoms with van der Waals surface area (Å²) in [5.41, 5.74) is 6.48. The summed E-state index contributed by atoms with van der Waals surface area (Å²) >= 11 is 0. The largest absolute Gasteiger partial charge is 0.496 e. The Morgan fingerprint density at radius 2 is 1.74 bits per heavy atom. The molecule has 1 heterocycles. The smallest absolute Gasteiger partial charge is 0.416 e. The average molecular weight is 472 g/mol. The first-order valence-corrected chi connectivity index (χ1v) is 10.3. The molecule has 10 heteroatoms. The van der Waals surface area contributed by atoms with Gasteiger partial charge in [-0.2, -0.15) is 13.2 Å². The highest BCUT2D eigenvalue weighted by Crippen LogP contribution is 2.31. The molecule has 0 fully saturated rings. The molecule has 0 spiro atoms. The summed E-state index contributed by atoms with van der Waals surface area (Å²) in [6, 6.07) is 10.7. The number of amides is 2. The van der Waals surface area contributed by atoms with Crippen LogP contribution in [-0.2, 0) is 6.18 Å². The molecule has 0 aliphatic carbocycles. The molecule has 7 nitrogen and oxygen atoms in total. The fraction of sp³-hybridized carbons (Fsp3) is 0.208. The molecule has 0 aliphatic heterocycles. The molecule has 0 unspecified atom stereocenters. The number of hydrogen-bond acceptors (Lipinski definition) is 5. The molecule has 34 heavy (non-hydrogen) atoms. The summed E-state index contributed by atoms with van der Waals surface area (Å²) in [5, 5.41) is 5.41. The highest BCUT2D eigenvalue weighted by atomic mass is 19.4. The SMILES string of the molecule is COc1ccc(C(=O)Nc2cncc(-c3ccc(C(F)(F)F)cc3)c2)cc1C(=O)NCCCN. The third kappa shape index (κ3) is 6.10. The summed E-state index contributed by atoms with van der Waals surface area (Å²) in [7, 11) is 1.42. The Labute approximate surface area is 194 Å². The monoisotopic (exact) mass is 472 g/mol. The first kappa shape index (κ1) is 24.7. The lowest BCUT2D eigenvalue weighted by molar-refractivity contribution is -0.137. The van der Waals surface area contributed by atoms with Crippen LogP contribution in [0.25, 0.3) is 11.1 Å². The Hall–Kier alpha value is -3.92. The summed E-state index contributed by atoms with van der Waals surface area (Å²) in [6.07, 6.45) is -0.924. The normalized spacial score (nSPS) is 11.1. The van der Waals surface area contributed by atoms with Gasteiger partial charge in [0.1, 0.15) is 5.75 Å². The number of rotatable bonds is 8. The fourth-order valence-corrected chi connectivity index (χ4v) is 3.15. The number of pyridine rings is 1. The molecule has 0 saturated carbocycles. The number of benzene rings is 2. The lowest BCUT2D eigenvalue weighted by Gasteiger charge is -2.12. The predicted octanol–water partition coefficient (Wildman–Crippen LogP) is 4.11. The van der Waals surface area contributed by atoms with Gasteiger partial charge in [0, 0.05) is 23.9 Å². The molecule has 3 rings (SSSR count). The maximum Gasteiger partial charge on any atom is 0.416 e. The number of carbonyl (C=O) groups is 2. The summed E-state index contributed by atoms with van der Waals surface area (Å²) in [4.78, 5) is 29.3. The Kier molecular flexibility index (Phi) is 7.85. The summed E-state index contributed by atoms with van der Waals surface area (Å²) in [6.45, 7) is 0.816. The van der Waals surface area contributed by atoms with Crippen LogP contribution < -0.4 is 21.1 Å². The molecule has 0 saturated heterocycles. The van der Waals surface area contributed by atoms with Crippen molar-refractivity contribution in [3.05, 3.63) is 77.6 Å². The summed E-state index contributed by atoms with van der Waals surface area (Å²) in [5.74, 6) is -0.580. The van der Waals surface area contributed by atoms with Crippen molar-refractivity contribution >= 4 is 17.5 Å². The second-order valence-corrected chi connectivity index (χ2v) is 7.30. The number of methoxy groups -OCH3 is 1. The Morgan fingerprint density at radius 1 is 1.00 bits per heavy atom. The fourth-order valence-electron chi connectivity index (χ4n) is 3.15. The maximum absolute atomic E-state index is 12.8. The van der Waals surface area contributed by atoms with E-state index >= 15 is 0 Å². The van der Waals surface area contributed by atoms with Crippen LogP contribution >= 0.6 is 0 Å². The zero-order valence-corrected chi connectivity index (χ0v) is 18.3. The van der Waals surface area contributed by atoms with Crippen molar-refractivity contribution in [2.75, 3.05) is 25.5 Å². The van der Waals surface area contributed by atoms with Crippen molar-refractivity contribution in [1.82, 2.24) is 10.3 Å². The molecule has 1 aromatic heterocycles. The number of anilines is 1. The van der Waals surface area contributed by atoms with E-state index in [4.69, 9.17) is 10.5 Å². The number of alkyl halides is 3. The number of ether oxygens (including phenoxy) is 1. The van der Waals surface area contributed by atoms with Crippen molar-refractivity contribution < 1.29 is 27.5 Å². The van der Waals surface area contributed by atoms with E-state index in [1.807, 2.05) is 0 Å². The Morgan fingerprint density at radius 3 is 2.38 bits per heavy atom. The number of aromatic nitrogens is 1. The molecular formula is C24H23F3N4O3. The van der Waals surface area contributed by atoms with E-state index in [9.17, 15) is 22.8 Å². The molecule has 4 N–H and O–H groups in total. The van der Waals surface area contributed by atoms with Gasteiger partial charge in [0.2, 0.25) is 0 Å². The van der Waals surface area contributed by atoms with Crippen molar-refractivity contribution in [1.29, 1.82) is 0 Å². The van der Waals surface area contributed by atoms with E-state index in [-0.39, 0.29) is 11.1 Å². The molecule has 2 aromatic carbocycles. The Bertz CT molecular complexity index is 1160. The molecule has 3 aromatic rings. The van der Waals surface area contributed by atoms with Gasteiger partial charge >= 0.3 is 6.18 Å². The standard InChI is InChI=1S/C24H23F3N4O3/c1-34-21-8-5-16(12-20(21)23(33)30-10-2-9-28)22(32)31-19-11-17(13-29-14-19)15-3-6-18(7-4-15)24(25,26)27/h3-8,11-14H,2,9-10,28H2,1H3,(H,30,33)(H,31,32). The number of hydrogen-bond donors (Lipinski definition) is 3.